The molecule has 1 aromatic heterocycles. The van der Waals surface area contributed by atoms with Crippen LogP contribution in [-0.4, -0.2) is 39.3 Å². The van der Waals surface area contributed by atoms with Gasteiger partial charge in [-0.25, -0.2) is 9.37 Å². The summed E-state index contributed by atoms with van der Waals surface area (Å²) in [5.41, 5.74) is 1.13. The summed E-state index contributed by atoms with van der Waals surface area (Å²) in [7, 11) is 0. The first-order valence-corrected chi connectivity index (χ1v) is 11.0. The highest BCUT2D eigenvalue weighted by Gasteiger charge is 2.27. The number of ketones is 1. The fourth-order valence-corrected chi connectivity index (χ4v) is 3.48. The molecule has 0 saturated heterocycles. The standard InChI is InChI=1S/C26H26FN3O5/c1-15(25(34)35)13-29-24(33)22-28-14-20(23(32)30-22)21(31)12-26(2,3)18-8-4-16(5-9-18)17-6-10-19(27)11-7-17/h4-11,14-15H,12-13H2,1-3H3,(H,29,33)(H,34,35)(H,28,30,32). The molecular formula is C26H26FN3O5. The van der Waals surface area contributed by atoms with Crippen LogP contribution in [0.4, 0.5) is 4.39 Å². The number of aromatic nitrogens is 2. The first-order chi connectivity index (χ1) is 16.5. The minimum absolute atomic E-state index is 0.0231. The molecule has 35 heavy (non-hydrogen) atoms. The molecule has 0 radical (unpaired) electrons. The highest BCUT2D eigenvalue weighted by molar-refractivity contribution is 5.97. The molecule has 0 fully saturated rings. The quantitative estimate of drug-likeness (QED) is 0.402. The first kappa shape index (κ1) is 25.5. The highest BCUT2D eigenvalue weighted by Crippen LogP contribution is 2.30. The lowest BCUT2D eigenvalue weighted by Crippen LogP contribution is -2.34. The van der Waals surface area contributed by atoms with Crippen LogP contribution in [-0.2, 0) is 10.2 Å². The molecule has 182 valence electrons. The number of carboxylic acids is 1. The Balaban J connectivity index is 1.70. The molecule has 3 rings (SSSR count). The van der Waals surface area contributed by atoms with Gasteiger partial charge in [0.25, 0.3) is 11.5 Å². The van der Waals surface area contributed by atoms with Gasteiger partial charge in [-0.05, 0) is 34.2 Å². The van der Waals surface area contributed by atoms with E-state index >= 15 is 0 Å². The van der Waals surface area contributed by atoms with Crippen LogP contribution in [0.2, 0.25) is 0 Å². The summed E-state index contributed by atoms with van der Waals surface area (Å²) in [4.78, 5) is 54.5. The number of hydrogen-bond donors (Lipinski definition) is 3. The molecule has 0 bridgehead atoms. The number of nitrogens with one attached hydrogen (secondary N) is 2. The molecule has 3 N–H and O–H groups in total. The SMILES string of the molecule is CC(CNC(=O)c1ncc(C(=O)CC(C)(C)c2ccc(-c3ccc(F)cc3)cc2)c(=O)[nH]1)C(=O)O. The second-order valence-electron chi connectivity index (χ2n) is 8.99. The Kier molecular flexibility index (Phi) is 7.58. The Labute approximate surface area is 201 Å². The van der Waals surface area contributed by atoms with E-state index in [1.165, 1.54) is 19.1 Å². The van der Waals surface area contributed by atoms with Crippen LogP contribution in [0.1, 0.15) is 53.7 Å². The Morgan fingerprint density at radius 2 is 1.63 bits per heavy atom. The molecule has 8 nitrogen and oxygen atoms in total. The lowest BCUT2D eigenvalue weighted by Gasteiger charge is -2.24. The number of aromatic amines is 1. The van der Waals surface area contributed by atoms with Gasteiger partial charge in [0.2, 0.25) is 0 Å². The molecule has 0 aliphatic carbocycles. The molecule has 3 aromatic rings. The topological polar surface area (TPSA) is 129 Å². The van der Waals surface area contributed by atoms with Gasteiger partial charge in [-0.15, -0.1) is 0 Å². The van der Waals surface area contributed by atoms with E-state index in [9.17, 15) is 23.6 Å². The number of aliphatic carboxylic acids is 1. The summed E-state index contributed by atoms with van der Waals surface area (Å²) < 4.78 is 13.2. The van der Waals surface area contributed by atoms with Crippen molar-refractivity contribution in [2.24, 2.45) is 5.92 Å². The van der Waals surface area contributed by atoms with E-state index in [4.69, 9.17) is 5.11 Å². The third-order valence-electron chi connectivity index (χ3n) is 5.75. The lowest BCUT2D eigenvalue weighted by atomic mass is 9.79. The fraction of sp³-hybridized carbons (Fsp3) is 0.269. The molecule has 0 saturated carbocycles. The Hall–Kier alpha value is -4.14. The summed E-state index contributed by atoms with van der Waals surface area (Å²) in [6.45, 7) is 5.06. The van der Waals surface area contributed by atoms with Crippen LogP contribution in [0.5, 0.6) is 0 Å². The van der Waals surface area contributed by atoms with E-state index in [0.29, 0.717) is 0 Å². The zero-order chi connectivity index (χ0) is 25.8. The second-order valence-corrected chi connectivity index (χ2v) is 8.99. The van der Waals surface area contributed by atoms with Crippen molar-refractivity contribution in [2.45, 2.75) is 32.6 Å². The molecule has 1 atom stereocenters. The van der Waals surface area contributed by atoms with Gasteiger partial charge in [-0.2, -0.15) is 0 Å². The fourth-order valence-electron chi connectivity index (χ4n) is 3.48. The number of benzene rings is 2. The van der Waals surface area contributed by atoms with Crippen molar-refractivity contribution in [2.75, 3.05) is 6.54 Å². The molecule has 1 amide bonds. The van der Waals surface area contributed by atoms with Crippen molar-refractivity contribution in [3.05, 3.63) is 87.9 Å². The van der Waals surface area contributed by atoms with Crippen LogP contribution < -0.4 is 10.9 Å². The lowest BCUT2D eigenvalue weighted by molar-refractivity contribution is -0.140. The van der Waals surface area contributed by atoms with Gasteiger partial charge in [0.1, 0.15) is 11.4 Å². The monoisotopic (exact) mass is 479 g/mol. The van der Waals surface area contributed by atoms with Crippen molar-refractivity contribution >= 4 is 17.7 Å². The van der Waals surface area contributed by atoms with Crippen molar-refractivity contribution in [1.82, 2.24) is 15.3 Å². The van der Waals surface area contributed by atoms with E-state index < -0.39 is 34.6 Å². The predicted molar refractivity (Wildman–Crippen MR) is 128 cm³/mol. The minimum Gasteiger partial charge on any atom is -0.481 e. The van der Waals surface area contributed by atoms with Crippen molar-refractivity contribution in [3.63, 3.8) is 0 Å². The molecule has 1 heterocycles. The number of nitrogens with zero attached hydrogens (tertiary/aromatic N) is 1. The molecule has 0 aliphatic rings. The average molecular weight is 480 g/mol. The Morgan fingerprint density at radius 1 is 1.06 bits per heavy atom. The van der Waals surface area contributed by atoms with Gasteiger partial charge >= 0.3 is 5.97 Å². The first-order valence-electron chi connectivity index (χ1n) is 11.0. The summed E-state index contributed by atoms with van der Waals surface area (Å²) in [5, 5.41) is 11.3. The molecule has 9 heteroatoms. The second kappa shape index (κ2) is 10.4. The summed E-state index contributed by atoms with van der Waals surface area (Å²) in [6.07, 6.45) is 1.08. The maximum Gasteiger partial charge on any atom is 0.308 e. The third-order valence-corrected chi connectivity index (χ3v) is 5.75. The highest BCUT2D eigenvalue weighted by atomic mass is 19.1. The zero-order valence-electron chi connectivity index (χ0n) is 19.6. The van der Waals surface area contributed by atoms with Gasteiger partial charge in [0.05, 0.1) is 5.92 Å². The van der Waals surface area contributed by atoms with E-state index in [2.05, 4.69) is 15.3 Å². The number of amides is 1. The van der Waals surface area contributed by atoms with Crippen LogP contribution in [0, 0.1) is 11.7 Å². The van der Waals surface area contributed by atoms with Crippen molar-refractivity contribution < 1.29 is 23.9 Å². The minimum atomic E-state index is -1.07. The van der Waals surface area contributed by atoms with E-state index in [1.807, 2.05) is 38.1 Å². The predicted octanol–water partition coefficient (Wildman–Crippen LogP) is 3.58. The van der Waals surface area contributed by atoms with Crippen LogP contribution in [0.25, 0.3) is 11.1 Å². The third kappa shape index (κ3) is 6.26. The average Bonchev–Trinajstić information content (AvgIpc) is 2.82. The molecule has 2 aromatic carbocycles. The van der Waals surface area contributed by atoms with Gasteiger partial charge in [0.15, 0.2) is 11.6 Å². The number of rotatable bonds is 9. The smallest absolute Gasteiger partial charge is 0.308 e. The van der Waals surface area contributed by atoms with Gasteiger partial charge in [-0.1, -0.05) is 57.2 Å². The van der Waals surface area contributed by atoms with Gasteiger partial charge in [-0.3, -0.25) is 19.2 Å². The molecule has 0 spiro atoms. The maximum absolute atomic E-state index is 13.2. The summed E-state index contributed by atoms with van der Waals surface area (Å²) >= 11 is 0. The number of carbonyl (C=O) groups is 3. The number of carboxylic acid groups (broad SMARTS) is 1. The van der Waals surface area contributed by atoms with Crippen LogP contribution in [0.15, 0.2) is 59.5 Å². The number of hydrogen-bond acceptors (Lipinski definition) is 5. The van der Waals surface area contributed by atoms with Gasteiger partial charge in [0, 0.05) is 19.2 Å². The normalized spacial score (nSPS) is 12.1. The largest absolute Gasteiger partial charge is 0.481 e. The van der Waals surface area contributed by atoms with E-state index in [-0.39, 0.29) is 30.2 Å². The van der Waals surface area contributed by atoms with E-state index in [0.717, 1.165) is 22.9 Å². The number of halogens is 1. The number of H-pyrrole nitrogens is 1. The molecule has 0 aliphatic heterocycles. The Bertz CT molecular complexity index is 1300. The van der Waals surface area contributed by atoms with Crippen molar-refractivity contribution in [1.29, 1.82) is 0 Å². The van der Waals surface area contributed by atoms with Crippen LogP contribution >= 0.6 is 0 Å². The van der Waals surface area contributed by atoms with Crippen molar-refractivity contribution in [3.8, 4) is 11.1 Å². The maximum atomic E-state index is 13.2. The number of carbonyl (C=O) groups excluding carboxylic acids is 2. The van der Waals surface area contributed by atoms with Crippen LogP contribution in [0.3, 0.4) is 0 Å². The summed E-state index contributed by atoms with van der Waals surface area (Å²) in [5.74, 6) is -3.66. The Morgan fingerprint density at radius 3 is 2.17 bits per heavy atom. The summed E-state index contributed by atoms with van der Waals surface area (Å²) in [6, 6.07) is 13.7. The molecule has 1 unspecified atom stereocenters. The zero-order valence-corrected chi connectivity index (χ0v) is 19.6. The van der Waals surface area contributed by atoms with Gasteiger partial charge < -0.3 is 15.4 Å². The van der Waals surface area contributed by atoms with E-state index in [1.54, 1.807) is 12.1 Å². The molecular weight excluding hydrogens is 453 g/mol. The number of Topliss-reactive ketones (excluding diaryl/α,β-unsaturated/α-hetero) is 1.